The average Bonchev–Trinajstić information content (AvgIpc) is 3.49. The highest BCUT2D eigenvalue weighted by Gasteiger charge is 2.33. The maximum absolute atomic E-state index is 13.5. The van der Waals surface area contributed by atoms with Crippen molar-refractivity contribution in [1.82, 2.24) is 20.4 Å². The highest BCUT2D eigenvalue weighted by Crippen LogP contribution is 2.26. The number of nitrogens with one attached hydrogen (secondary N) is 3. The third-order valence-corrected chi connectivity index (χ3v) is 7.62. The van der Waals surface area contributed by atoms with E-state index in [2.05, 4.69) is 21.0 Å². The molecule has 2 aromatic carbocycles. The number of ether oxygens (including phenoxy) is 3. The number of esters is 1. The summed E-state index contributed by atoms with van der Waals surface area (Å²) in [4.78, 5) is 51.7. The number of hydrogen-bond donors (Lipinski definition) is 3. The largest absolute Gasteiger partial charge is 0.497 e. The molecule has 260 valence electrons. The maximum Gasteiger partial charge on any atom is 0.408 e. The molecule has 12 heteroatoms. The molecular weight excluding hydrogens is 614 g/mol. The zero-order chi connectivity index (χ0) is 35.1. The van der Waals surface area contributed by atoms with E-state index in [1.54, 1.807) is 58.8 Å². The van der Waals surface area contributed by atoms with E-state index in [0.717, 1.165) is 17.5 Å². The molecule has 3 aromatic rings. The van der Waals surface area contributed by atoms with Gasteiger partial charge in [-0.2, -0.15) is 5.10 Å². The maximum atomic E-state index is 13.5. The van der Waals surface area contributed by atoms with Crippen LogP contribution in [0.1, 0.15) is 77.3 Å². The lowest BCUT2D eigenvalue weighted by Crippen LogP contribution is -2.58. The van der Waals surface area contributed by atoms with Crippen molar-refractivity contribution in [2.45, 2.75) is 96.9 Å². The van der Waals surface area contributed by atoms with E-state index >= 15 is 0 Å². The molecule has 1 heterocycles. The van der Waals surface area contributed by atoms with E-state index in [0.29, 0.717) is 50.3 Å². The number of rotatable bonds is 18. The molecule has 0 saturated heterocycles. The predicted octanol–water partition coefficient (Wildman–Crippen LogP) is 5.38. The number of alkyl carbamates (subject to hydrolysis) is 1. The summed E-state index contributed by atoms with van der Waals surface area (Å²) in [6.07, 6.45) is 5.08. The van der Waals surface area contributed by atoms with Gasteiger partial charge in [0.2, 0.25) is 11.8 Å². The minimum atomic E-state index is -1.33. The summed E-state index contributed by atoms with van der Waals surface area (Å²) in [5.74, 6) is -0.939. The van der Waals surface area contributed by atoms with Crippen LogP contribution in [0.15, 0.2) is 67.0 Å². The molecule has 0 spiro atoms. The second kappa shape index (κ2) is 18.5. The number of methoxy groups -OCH3 is 1. The molecular formula is C36H49N5O7. The van der Waals surface area contributed by atoms with E-state index in [1.165, 1.54) is 0 Å². The molecule has 3 amide bonds. The Morgan fingerprint density at radius 1 is 0.958 bits per heavy atom. The first kappa shape index (κ1) is 37.6. The number of benzene rings is 2. The van der Waals surface area contributed by atoms with Crippen molar-refractivity contribution in [1.29, 1.82) is 0 Å². The van der Waals surface area contributed by atoms with Gasteiger partial charge < -0.3 is 30.2 Å². The van der Waals surface area contributed by atoms with Crippen molar-refractivity contribution < 1.29 is 33.4 Å². The number of amides is 3. The van der Waals surface area contributed by atoms with Gasteiger partial charge in [0.15, 0.2) is 0 Å². The van der Waals surface area contributed by atoms with E-state index < -0.39 is 35.4 Å². The fourth-order valence-electron chi connectivity index (χ4n) is 5.05. The van der Waals surface area contributed by atoms with Crippen molar-refractivity contribution in [3.05, 3.63) is 78.1 Å². The first-order valence-corrected chi connectivity index (χ1v) is 16.4. The molecule has 0 bridgehead atoms. The van der Waals surface area contributed by atoms with Crippen LogP contribution in [0.4, 0.5) is 10.5 Å². The highest BCUT2D eigenvalue weighted by atomic mass is 16.6. The average molecular weight is 664 g/mol. The van der Waals surface area contributed by atoms with E-state index in [1.807, 2.05) is 54.6 Å². The Morgan fingerprint density at radius 3 is 2.31 bits per heavy atom. The summed E-state index contributed by atoms with van der Waals surface area (Å²) in [6, 6.07) is 16.4. The third kappa shape index (κ3) is 12.1. The zero-order valence-electron chi connectivity index (χ0n) is 28.8. The standard InChI is InChI=1S/C36H49N5O7/c1-7-47-33(43)30(27-18-20-29(46-6)21-19-27)16-12-22-41-24-28(23-37-41)38-32(42)31(17-11-15-26-13-9-8-10-14-26)39-34(44)36(4,5)40-35(45)48-25(2)3/h8-10,13-14,18-21,23-25,30-31H,7,11-12,15-17,22H2,1-6H3,(H,38,42)(H,39,44)(H,40,45)/t30?,31-/m1/s1. The minimum absolute atomic E-state index is 0.286. The summed E-state index contributed by atoms with van der Waals surface area (Å²) in [7, 11) is 1.59. The van der Waals surface area contributed by atoms with Gasteiger partial charge in [0.1, 0.15) is 17.3 Å². The molecule has 0 saturated carbocycles. The van der Waals surface area contributed by atoms with Gasteiger partial charge in [-0.25, -0.2) is 4.79 Å². The molecule has 0 aliphatic carbocycles. The number of carbonyl (C=O) groups excluding carboxylic acids is 4. The normalized spacial score (nSPS) is 12.5. The van der Waals surface area contributed by atoms with Crippen LogP contribution in [0.5, 0.6) is 5.75 Å². The molecule has 2 atom stereocenters. The first-order chi connectivity index (χ1) is 22.9. The number of nitrogens with zero attached hydrogens (tertiary/aromatic N) is 2. The number of carbonyl (C=O) groups is 4. The molecule has 0 fully saturated rings. The van der Waals surface area contributed by atoms with Crippen LogP contribution in [0, 0.1) is 0 Å². The van der Waals surface area contributed by atoms with Gasteiger partial charge in [0.05, 0.1) is 37.6 Å². The van der Waals surface area contributed by atoms with Crippen molar-refractivity contribution in [3.8, 4) is 5.75 Å². The zero-order valence-corrected chi connectivity index (χ0v) is 28.8. The Balaban J connectivity index is 1.64. The molecule has 3 rings (SSSR count). The van der Waals surface area contributed by atoms with E-state index in [9.17, 15) is 19.2 Å². The van der Waals surface area contributed by atoms with Crippen LogP contribution in [0.25, 0.3) is 0 Å². The van der Waals surface area contributed by atoms with Gasteiger partial charge in [0, 0.05) is 12.7 Å². The Labute approximate surface area is 282 Å². The number of hydrogen-bond acceptors (Lipinski definition) is 8. The quantitative estimate of drug-likeness (QED) is 0.154. The molecule has 3 N–H and O–H groups in total. The van der Waals surface area contributed by atoms with Crippen molar-refractivity contribution in [3.63, 3.8) is 0 Å². The SMILES string of the molecule is CCOC(=O)C(CCCn1cc(NC(=O)[C@@H](CCCc2ccccc2)NC(=O)C(C)(C)NC(=O)OC(C)C)cn1)c1ccc(OC)cc1. The second-order valence-corrected chi connectivity index (χ2v) is 12.3. The van der Waals surface area contributed by atoms with Gasteiger partial charge in [-0.3, -0.25) is 19.1 Å². The Hall–Kier alpha value is -4.87. The van der Waals surface area contributed by atoms with Gasteiger partial charge >= 0.3 is 12.1 Å². The van der Waals surface area contributed by atoms with Gasteiger partial charge in [-0.15, -0.1) is 0 Å². The lowest BCUT2D eigenvalue weighted by molar-refractivity contribution is -0.145. The van der Waals surface area contributed by atoms with Gasteiger partial charge in [-0.1, -0.05) is 42.5 Å². The third-order valence-electron chi connectivity index (χ3n) is 7.62. The molecule has 12 nitrogen and oxygen atoms in total. The van der Waals surface area contributed by atoms with E-state index in [-0.39, 0.29) is 12.1 Å². The van der Waals surface area contributed by atoms with Crippen LogP contribution in [0.2, 0.25) is 0 Å². The molecule has 48 heavy (non-hydrogen) atoms. The van der Waals surface area contributed by atoms with Crippen molar-refractivity contribution >= 4 is 29.6 Å². The van der Waals surface area contributed by atoms with Crippen LogP contribution < -0.4 is 20.7 Å². The van der Waals surface area contributed by atoms with Crippen LogP contribution in [-0.2, 0) is 36.8 Å². The fraction of sp³-hybridized carbons (Fsp3) is 0.472. The van der Waals surface area contributed by atoms with Crippen LogP contribution in [-0.4, -0.2) is 65.1 Å². The topological polar surface area (TPSA) is 150 Å². The van der Waals surface area contributed by atoms with Crippen molar-refractivity contribution in [2.24, 2.45) is 0 Å². The molecule has 0 aliphatic heterocycles. The summed E-state index contributed by atoms with van der Waals surface area (Å²) >= 11 is 0. The molecule has 0 aliphatic rings. The highest BCUT2D eigenvalue weighted by molar-refractivity contribution is 5.99. The number of aryl methyl sites for hydroxylation is 2. The second-order valence-electron chi connectivity index (χ2n) is 12.3. The van der Waals surface area contributed by atoms with Gasteiger partial charge in [0.25, 0.3) is 0 Å². The molecule has 1 unspecified atom stereocenters. The van der Waals surface area contributed by atoms with Crippen molar-refractivity contribution in [2.75, 3.05) is 19.0 Å². The lowest BCUT2D eigenvalue weighted by atomic mass is 9.94. The summed E-state index contributed by atoms with van der Waals surface area (Å²) in [5, 5.41) is 12.6. The minimum Gasteiger partial charge on any atom is -0.497 e. The van der Waals surface area contributed by atoms with Crippen LogP contribution in [0.3, 0.4) is 0 Å². The van der Waals surface area contributed by atoms with E-state index in [4.69, 9.17) is 14.2 Å². The molecule has 1 aromatic heterocycles. The Morgan fingerprint density at radius 2 is 1.67 bits per heavy atom. The number of aromatic nitrogens is 2. The van der Waals surface area contributed by atoms with Crippen LogP contribution >= 0.6 is 0 Å². The molecule has 0 radical (unpaired) electrons. The summed E-state index contributed by atoms with van der Waals surface area (Å²) < 4.78 is 17.4. The predicted molar refractivity (Wildman–Crippen MR) is 183 cm³/mol. The first-order valence-electron chi connectivity index (χ1n) is 16.4. The fourth-order valence-corrected chi connectivity index (χ4v) is 5.05. The lowest BCUT2D eigenvalue weighted by Gasteiger charge is -2.28. The smallest absolute Gasteiger partial charge is 0.408 e. The number of anilines is 1. The van der Waals surface area contributed by atoms with Gasteiger partial charge in [-0.05, 0) is 90.0 Å². The monoisotopic (exact) mass is 663 g/mol. The summed E-state index contributed by atoms with van der Waals surface area (Å²) in [5.41, 5.74) is 1.11. The Bertz CT molecular complexity index is 1470. The summed E-state index contributed by atoms with van der Waals surface area (Å²) in [6.45, 7) is 9.10. The Kier molecular flexibility index (Phi) is 14.5.